The van der Waals surface area contributed by atoms with Crippen LogP contribution in [0.4, 0.5) is 5.00 Å². The molecule has 0 saturated carbocycles. The largest absolute Gasteiger partial charge is 0.461 e. The van der Waals surface area contributed by atoms with Crippen LogP contribution in [0.2, 0.25) is 0 Å². The number of aryl methyl sites for hydroxylation is 1. The predicted molar refractivity (Wildman–Crippen MR) is 72.8 cm³/mol. The van der Waals surface area contributed by atoms with Crippen molar-refractivity contribution in [1.82, 2.24) is 9.59 Å². The number of hydrogen-bond acceptors (Lipinski definition) is 5. The summed E-state index contributed by atoms with van der Waals surface area (Å²) in [5.74, 6) is 1.04. The molecule has 0 bridgehead atoms. The number of nitrogens with one attached hydrogen (secondary N) is 1. The summed E-state index contributed by atoms with van der Waals surface area (Å²) in [5.41, 5.74) is 2.18. The number of rotatable bonds is 4. The maximum absolute atomic E-state index is 5.85. The lowest BCUT2D eigenvalue weighted by Gasteiger charge is -2.02. The summed E-state index contributed by atoms with van der Waals surface area (Å²) < 4.78 is 9.68. The van der Waals surface area contributed by atoms with Gasteiger partial charge in [0.1, 0.15) is 16.3 Å². The molecule has 0 unspecified atom stereocenters. The van der Waals surface area contributed by atoms with Gasteiger partial charge in [0.05, 0.1) is 6.20 Å². The zero-order chi connectivity index (χ0) is 12.4. The first-order chi connectivity index (χ1) is 8.88. The Morgan fingerprint density at radius 2 is 2.22 bits per heavy atom. The molecule has 0 atom stereocenters. The van der Waals surface area contributed by atoms with E-state index in [-0.39, 0.29) is 0 Å². The standard InChI is InChI=1S/C13H13N3OS/c1-2-11-10(7-14-13-8-15-16-18-13)9-5-3-4-6-12(9)17-11/h3-6,8,14H,2,7H2,1H3. The minimum atomic E-state index is 0.740. The van der Waals surface area contributed by atoms with Crippen molar-refractivity contribution in [1.29, 1.82) is 0 Å². The van der Waals surface area contributed by atoms with Gasteiger partial charge < -0.3 is 9.73 Å². The molecule has 0 aliphatic rings. The molecule has 3 aromatic rings. The third-order valence-corrected chi connectivity index (χ3v) is 3.53. The third-order valence-electron chi connectivity index (χ3n) is 2.90. The Hall–Kier alpha value is -1.88. The number of hydrogen-bond donors (Lipinski definition) is 1. The van der Waals surface area contributed by atoms with Gasteiger partial charge in [0.2, 0.25) is 0 Å². The molecule has 5 heteroatoms. The van der Waals surface area contributed by atoms with Crippen LogP contribution in [0.15, 0.2) is 34.9 Å². The minimum absolute atomic E-state index is 0.740. The van der Waals surface area contributed by atoms with E-state index in [0.717, 1.165) is 29.3 Å². The third kappa shape index (κ3) is 1.97. The first-order valence-electron chi connectivity index (χ1n) is 5.89. The van der Waals surface area contributed by atoms with Gasteiger partial charge in [0, 0.05) is 35.4 Å². The molecule has 0 aliphatic carbocycles. The van der Waals surface area contributed by atoms with Crippen LogP contribution in [0.3, 0.4) is 0 Å². The highest BCUT2D eigenvalue weighted by molar-refractivity contribution is 7.09. The second-order valence-electron chi connectivity index (χ2n) is 3.99. The molecule has 0 spiro atoms. The van der Waals surface area contributed by atoms with Crippen LogP contribution in [0.25, 0.3) is 11.0 Å². The fourth-order valence-electron chi connectivity index (χ4n) is 2.05. The maximum Gasteiger partial charge on any atom is 0.134 e. The van der Waals surface area contributed by atoms with E-state index in [1.807, 2.05) is 18.2 Å². The van der Waals surface area contributed by atoms with E-state index < -0.39 is 0 Å². The first-order valence-corrected chi connectivity index (χ1v) is 6.66. The monoisotopic (exact) mass is 259 g/mol. The van der Waals surface area contributed by atoms with Gasteiger partial charge in [-0.1, -0.05) is 29.6 Å². The molecule has 4 nitrogen and oxygen atoms in total. The summed E-state index contributed by atoms with van der Waals surface area (Å²) in [6.45, 7) is 2.85. The number of furan rings is 1. The zero-order valence-electron chi connectivity index (χ0n) is 10.0. The van der Waals surface area contributed by atoms with Gasteiger partial charge in [0.25, 0.3) is 0 Å². The lowest BCUT2D eigenvalue weighted by atomic mass is 10.1. The average molecular weight is 259 g/mol. The normalized spacial score (nSPS) is 10.9. The van der Waals surface area contributed by atoms with Crippen LogP contribution in [-0.4, -0.2) is 9.59 Å². The minimum Gasteiger partial charge on any atom is -0.461 e. The Morgan fingerprint density at radius 3 is 3.00 bits per heavy atom. The van der Waals surface area contributed by atoms with Crippen LogP contribution >= 0.6 is 11.5 Å². The number of nitrogens with zero attached hydrogens (tertiary/aromatic N) is 2. The molecule has 1 N–H and O–H groups in total. The van der Waals surface area contributed by atoms with Gasteiger partial charge >= 0.3 is 0 Å². The lowest BCUT2D eigenvalue weighted by molar-refractivity contribution is 0.551. The van der Waals surface area contributed by atoms with Crippen molar-refractivity contribution in [3.05, 3.63) is 41.8 Å². The van der Waals surface area contributed by atoms with Crippen molar-refractivity contribution >= 4 is 27.5 Å². The molecule has 0 fully saturated rings. The molecule has 92 valence electrons. The van der Waals surface area contributed by atoms with Crippen molar-refractivity contribution in [3.63, 3.8) is 0 Å². The number of fused-ring (bicyclic) bond motifs is 1. The maximum atomic E-state index is 5.85. The van der Waals surface area contributed by atoms with Gasteiger partial charge in [-0.25, -0.2) is 0 Å². The molecule has 18 heavy (non-hydrogen) atoms. The van der Waals surface area contributed by atoms with Gasteiger partial charge in [-0.2, -0.15) is 0 Å². The number of para-hydroxylation sites is 1. The van der Waals surface area contributed by atoms with Crippen molar-refractivity contribution in [2.45, 2.75) is 19.9 Å². The second-order valence-corrected chi connectivity index (χ2v) is 4.77. The quantitative estimate of drug-likeness (QED) is 0.779. The topological polar surface area (TPSA) is 51.0 Å². The molecule has 0 saturated heterocycles. The molecular weight excluding hydrogens is 246 g/mol. The molecule has 0 aliphatic heterocycles. The highest BCUT2D eigenvalue weighted by Gasteiger charge is 2.12. The Morgan fingerprint density at radius 1 is 1.33 bits per heavy atom. The Balaban J connectivity index is 1.94. The summed E-state index contributed by atoms with van der Waals surface area (Å²) in [6, 6.07) is 8.14. The predicted octanol–water partition coefficient (Wildman–Crippen LogP) is 3.46. The summed E-state index contributed by atoms with van der Waals surface area (Å²) in [7, 11) is 0. The van der Waals surface area contributed by atoms with Crippen LogP contribution in [0, 0.1) is 0 Å². The van der Waals surface area contributed by atoms with Gasteiger partial charge in [0.15, 0.2) is 0 Å². The van der Waals surface area contributed by atoms with Gasteiger partial charge in [-0.3, -0.25) is 0 Å². The summed E-state index contributed by atoms with van der Waals surface area (Å²) in [5, 5.41) is 9.29. The van der Waals surface area contributed by atoms with Crippen LogP contribution < -0.4 is 5.32 Å². The number of aromatic nitrogens is 2. The highest BCUT2D eigenvalue weighted by Crippen LogP contribution is 2.27. The fourth-order valence-corrected chi connectivity index (χ4v) is 2.46. The van der Waals surface area contributed by atoms with Crippen LogP contribution in [0.5, 0.6) is 0 Å². The fraction of sp³-hybridized carbons (Fsp3) is 0.231. The van der Waals surface area contributed by atoms with Crippen molar-refractivity contribution in [2.24, 2.45) is 0 Å². The van der Waals surface area contributed by atoms with Crippen molar-refractivity contribution in [2.75, 3.05) is 5.32 Å². The SMILES string of the molecule is CCc1oc2ccccc2c1CNc1cnns1. The lowest BCUT2D eigenvalue weighted by Crippen LogP contribution is -1.99. The molecule has 1 aromatic carbocycles. The summed E-state index contributed by atoms with van der Waals surface area (Å²) in [6.07, 6.45) is 2.63. The van der Waals surface area contributed by atoms with E-state index >= 15 is 0 Å². The Bertz CT molecular complexity index is 645. The molecular formula is C13H13N3OS. The molecule has 3 rings (SSSR count). The smallest absolute Gasteiger partial charge is 0.134 e. The van der Waals surface area contributed by atoms with Crippen LogP contribution in [-0.2, 0) is 13.0 Å². The molecule has 0 radical (unpaired) electrons. The zero-order valence-corrected chi connectivity index (χ0v) is 10.8. The van der Waals surface area contributed by atoms with Crippen LogP contribution in [0.1, 0.15) is 18.2 Å². The Labute approximate surface area is 109 Å². The number of benzene rings is 1. The molecule has 2 aromatic heterocycles. The molecule has 2 heterocycles. The van der Waals surface area contributed by atoms with Crippen molar-refractivity contribution < 1.29 is 4.42 Å². The summed E-state index contributed by atoms with van der Waals surface area (Å²) in [4.78, 5) is 0. The van der Waals surface area contributed by atoms with Crippen molar-refractivity contribution in [3.8, 4) is 0 Å². The Kier molecular flexibility index (Phi) is 2.98. The van der Waals surface area contributed by atoms with E-state index in [2.05, 4.69) is 27.9 Å². The first kappa shape index (κ1) is 11.2. The second kappa shape index (κ2) is 4.78. The van der Waals surface area contributed by atoms with E-state index in [9.17, 15) is 0 Å². The van der Waals surface area contributed by atoms with E-state index in [1.54, 1.807) is 6.20 Å². The number of anilines is 1. The van der Waals surface area contributed by atoms with Gasteiger partial charge in [-0.15, -0.1) is 5.10 Å². The molecule has 0 amide bonds. The van der Waals surface area contributed by atoms with Gasteiger partial charge in [-0.05, 0) is 6.07 Å². The highest BCUT2D eigenvalue weighted by atomic mass is 32.1. The summed E-state index contributed by atoms with van der Waals surface area (Å²) >= 11 is 1.36. The average Bonchev–Trinajstić information content (AvgIpc) is 3.03. The van der Waals surface area contributed by atoms with E-state index in [4.69, 9.17) is 4.42 Å². The van der Waals surface area contributed by atoms with E-state index in [0.29, 0.717) is 0 Å². The van der Waals surface area contributed by atoms with E-state index in [1.165, 1.54) is 22.5 Å².